The molecule has 1 aliphatic rings. The number of esters is 1. The lowest BCUT2D eigenvalue weighted by atomic mass is 9.84. The lowest BCUT2D eigenvalue weighted by Gasteiger charge is -2.20. The Labute approximate surface area is 84.8 Å². The molecule has 0 aliphatic heterocycles. The number of carbonyl (C=O) groups excluding carboxylic acids is 2. The standard InChI is InChI=1S/C11H18O3/c1-8-6-4-3-5-7-9(10(8)12)11(13)14-2/h8-9H,3-7H2,1-2H3/t8-,9+/m1/s1. The van der Waals surface area contributed by atoms with Crippen molar-refractivity contribution in [2.24, 2.45) is 11.8 Å². The number of carbonyl (C=O) groups is 2. The summed E-state index contributed by atoms with van der Waals surface area (Å²) >= 11 is 0. The van der Waals surface area contributed by atoms with Crippen LogP contribution >= 0.6 is 0 Å². The zero-order chi connectivity index (χ0) is 10.6. The van der Waals surface area contributed by atoms with Gasteiger partial charge in [0.25, 0.3) is 0 Å². The molecule has 1 fully saturated rings. The van der Waals surface area contributed by atoms with E-state index < -0.39 is 5.92 Å². The van der Waals surface area contributed by atoms with Crippen LogP contribution in [0.5, 0.6) is 0 Å². The zero-order valence-electron chi connectivity index (χ0n) is 8.91. The quantitative estimate of drug-likeness (QED) is 0.477. The maximum absolute atomic E-state index is 11.8. The highest BCUT2D eigenvalue weighted by Gasteiger charge is 2.31. The third-order valence-corrected chi connectivity index (χ3v) is 2.94. The maximum atomic E-state index is 11.8. The second-order valence-corrected chi connectivity index (χ2v) is 4.02. The average Bonchev–Trinajstić information content (AvgIpc) is 2.19. The van der Waals surface area contributed by atoms with E-state index in [9.17, 15) is 9.59 Å². The lowest BCUT2D eigenvalue weighted by Crippen LogP contribution is -2.30. The van der Waals surface area contributed by atoms with Gasteiger partial charge in [0, 0.05) is 5.92 Å². The molecule has 1 saturated carbocycles. The van der Waals surface area contributed by atoms with Gasteiger partial charge in [-0.15, -0.1) is 0 Å². The van der Waals surface area contributed by atoms with Crippen LogP contribution < -0.4 is 0 Å². The number of Topliss-reactive ketones (excluding diaryl/α,β-unsaturated/α-hetero) is 1. The van der Waals surface area contributed by atoms with Crippen LogP contribution in [0.4, 0.5) is 0 Å². The van der Waals surface area contributed by atoms with Crippen LogP contribution in [0, 0.1) is 11.8 Å². The summed E-state index contributed by atoms with van der Waals surface area (Å²) in [5, 5.41) is 0. The Kier molecular flexibility index (Phi) is 4.11. The van der Waals surface area contributed by atoms with Crippen molar-refractivity contribution in [3.05, 3.63) is 0 Å². The minimum absolute atomic E-state index is 0.0133. The molecule has 3 heteroatoms. The SMILES string of the molecule is COC(=O)[C@H]1CCCCC[C@@H](C)C1=O. The summed E-state index contributed by atoms with van der Waals surface area (Å²) in [4.78, 5) is 23.1. The van der Waals surface area contributed by atoms with Gasteiger partial charge in [0.15, 0.2) is 0 Å². The molecule has 0 aromatic rings. The Morgan fingerprint density at radius 1 is 1.29 bits per heavy atom. The van der Waals surface area contributed by atoms with Crippen molar-refractivity contribution in [1.82, 2.24) is 0 Å². The van der Waals surface area contributed by atoms with Gasteiger partial charge in [-0.25, -0.2) is 0 Å². The molecule has 0 spiro atoms. The smallest absolute Gasteiger partial charge is 0.316 e. The third kappa shape index (κ3) is 2.56. The van der Waals surface area contributed by atoms with Gasteiger partial charge in [-0.3, -0.25) is 9.59 Å². The molecular weight excluding hydrogens is 180 g/mol. The van der Waals surface area contributed by atoms with Gasteiger partial charge in [-0.2, -0.15) is 0 Å². The van der Waals surface area contributed by atoms with Crippen molar-refractivity contribution < 1.29 is 14.3 Å². The van der Waals surface area contributed by atoms with Gasteiger partial charge in [-0.05, 0) is 12.8 Å². The van der Waals surface area contributed by atoms with E-state index in [1.807, 2.05) is 6.92 Å². The monoisotopic (exact) mass is 198 g/mol. The van der Waals surface area contributed by atoms with E-state index >= 15 is 0 Å². The van der Waals surface area contributed by atoms with E-state index in [0.29, 0.717) is 6.42 Å². The molecule has 0 aromatic carbocycles. The predicted octanol–water partition coefficient (Wildman–Crippen LogP) is 1.94. The zero-order valence-corrected chi connectivity index (χ0v) is 8.91. The van der Waals surface area contributed by atoms with Crippen LogP contribution in [0.15, 0.2) is 0 Å². The van der Waals surface area contributed by atoms with E-state index in [1.54, 1.807) is 0 Å². The molecule has 0 amide bonds. The first-order chi connectivity index (χ1) is 6.66. The van der Waals surface area contributed by atoms with Crippen molar-refractivity contribution in [3.63, 3.8) is 0 Å². The van der Waals surface area contributed by atoms with Crippen molar-refractivity contribution in [2.75, 3.05) is 7.11 Å². The summed E-state index contributed by atoms with van der Waals surface area (Å²) in [5.74, 6) is -0.782. The number of methoxy groups -OCH3 is 1. The fraction of sp³-hybridized carbons (Fsp3) is 0.818. The third-order valence-electron chi connectivity index (χ3n) is 2.94. The molecule has 0 radical (unpaired) electrons. The molecule has 80 valence electrons. The summed E-state index contributed by atoms with van der Waals surface area (Å²) in [5.41, 5.74) is 0. The molecule has 1 aliphatic carbocycles. The highest BCUT2D eigenvalue weighted by molar-refractivity contribution is 5.99. The predicted molar refractivity (Wildman–Crippen MR) is 52.8 cm³/mol. The molecule has 3 nitrogen and oxygen atoms in total. The number of ketones is 1. The van der Waals surface area contributed by atoms with Gasteiger partial charge in [0.1, 0.15) is 11.7 Å². The highest BCUT2D eigenvalue weighted by Crippen LogP contribution is 2.24. The number of hydrogen-bond acceptors (Lipinski definition) is 3. The molecule has 1 rings (SSSR count). The largest absolute Gasteiger partial charge is 0.468 e. The lowest BCUT2D eigenvalue weighted by molar-refractivity contribution is -0.151. The topological polar surface area (TPSA) is 43.4 Å². The minimum Gasteiger partial charge on any atom is -0.468 e. The van der Waals surface area contributed by atoms with Crippen molar-refractivity contribution in [2.45, 2.75) is 39.0 Å². The molecule has 2 atom stereocenters. The van der Waals surface area contributed by atoms with Crippen LogP contribution in [0.2, 0.25) is 0 Å². The van der Waals surface area contributed by atoms with Crippen LogP contribution in [0.1, 0.15) is 39.0 Å². The minimum atomic E-state index is -0.504. The summed E-state index contributed by atoms with van der Waals surface area (Å²) in [6.45, 7) is 1.91. The van der Waals surface area contributed by atoms with Crippen LogP contribution in [-0.4, -0.2) is 18.9 Å². The molecule has 0 saturated heterocycles. The van der Waals surface area contributed by atoms with Crippen LogP contribution in [0.25, 0.3) is 0 Å². The van der Waals surface area contributed by atoms with Crippen molar-refractivity contribution in [3.8, 4) is 0 Å². The van der Waals surface area contributed by atoms with Crippen molar-refractivity contribution in [1.29, 1.82) is 0 Å². The molecule has 0 bridgehead atoms. The molecule has 0 aromatic heterocycles. The Bertz CT molecular complexity index is 223. The fourth-order valence-electron chi connectivity index (χ4n) is 1.98. The Morgan fingerprint density at radius 3 is 2.57 bits per heavy atom. The van der Waals surface area contributed by atoms with E-state index in [-0.39, 0.29) is 17.7 Å². The Morgan fingerprint density at radius 2 is 1.93 bits per heavy atom. The Hall–Kier alpha value is -0.860. The highest BCUT2D eigenvalue weighted by atomic mass is 16.5. The van der Waals surface area contributed by atoms with Crippen LogP contribution in [-0.2, 0) is 14.3 Å². The van der Waals surface area contributed by atoms with E-state index in [0.717, 1.165) is 25.7 Å². The van der Waals surface area contributed by atoms with Crippen LogP contribution in [0.3, 0.4) is 0 Å². The van der Waals surface area contributed by atoms with Gasteiger partial charge in [-0.1, -0.05) is 26.2 Å². The van der Waals surface area contributed by atoms with E-state index in [1.165, 1.54) is 7.11 Å². The molecule has 14 heavy (non-hydrogen) atoms. The number of hydrogen-bond donors (Lipinski definition) is 0. The normalized spacial score (nSPS) is 29.1. The van der Waals surface area contributed by atoms with E-state index in [4.69, 9.17) is 0 Å². The molecule has 0 heterocycles. The van der Waals surface area contributed by atoms with E-state index in [2.05, 4.69) is 4.74 Å². The average molecular weight is 198 g/mol. The Balaban J connectivity index is 2.68. The number of ether oxygens (including phenoxy) is 1. The van der Waals surface area contributed by atoms with Gasteiger partial charge < -0.3 is 4.74 Å². The summed E-state index contributed by atoms with van der Waals surface area (Å²) < 4.78 is 4.65. The summed E-state index contributed by atoms with van der Waals surface area (Å²) in [6.07, 6.45) is 4.74. The summed E-state index contributed by atoms with van der Waals surface area (Å²) in [6, 6.07) is 0. The molecule has 0 unspecified atom stereocenters. The molecule has 0 N–H and O–H groups in total. The summed E-state index contributed by atoms with van der Waals surface area (Å²) in [7, 11) is 1.35. The van der Waals surface area contributed by atoms with Gasteiger partial charge >= 0.3 is 5.97 Å². The van der Waals surface area contributed by atoms with Gasteiger partial charge in [0.05, 0.1) is 7.11 Å². The van der Waals surface area contributed by atoms with Crippen molar-refractivity contribution >= 4 is 11.8 Å². The first-order valence-electron chi connectivity index (χ1n) is 5.28. The second kappa shape index (κ2) is 5.13. The first kappa shape index (κ1) is 11.2. The molecular formula is C11H18O3. The first-order valence-corrected chi connectivity index (χ1v) is 5.28. The second-order valence-electron chi connectivity index (χ2n) is 4.02. The number of rotatable bonds is 1. The maximum Gasteiger partial charge on any atom is 0.316 e. The van der Waals surface area contributed by atoms with Gasteiger partial charge in [0.2, 0.25) is 0 Å². The fourth-order valence-corrected chi connectivity index (χ4v) is 1.98.